The standard InChI is InChI=1S/C9H13N5O3/c1-2-3-6(7(15)16)12-9(17)13-8-10-4-5-11-14-8/h4-6H,2-3H2,1H3,(H,15,16)(H2,10,12,13,14,17)/t6-/m0/s1. The number of aromatic nitrogens is 3. The quantitative estimate of drug-likeness (QED) is 0.677. The Kier molecular flexibility index (Phi) is 4.79. The molecule has 0 saturated carbocycles. The highest BCUT2D eigenvalue weighted by Crippen LogP contribution is 1.98. The molecule has 0 spiro atoms. The largest absolute Gasteiger partial charge is 0.480 e. The molecule has 1 aromatic rings. The molecule has 0 fully saturated rings. The summed E-state index contributed by atoms with van der Waals surface area (Å²) in [5.41, 5.74) is 0. The molecule has 0 aliphatic heterocycles. The van der Waals surface area contributed by atoms with Gasteiger partial charge in [0, 0.05) is 0 Å². The molecule has 0 bridgehead atoms. The van der Waals surface area contributed by atoms with Crippen molar-refractivity contribution in [1.29, 1.82) is 0 Å². The SMILES string of the molecule is CCC[C@H](NC(=O)Nc1nccnn1)C(=O)O. The van der Waals surface area contributed by atoms with E-state index in [-0.39, 0.29) is 5.95 Å². The number of anilines is 1. The summed E-state index contributed by atoms with van der Waals surface area (Å²) in [6.45, 7) is 1.83. The highest BCUT2D eigenvalue weighted by molar-refractivity contribution is 5.90. The van der Waals surface area contributed by atoms with Gasteiger partial charge in [-0.15, -0.1) is 5.10 Å². The number of nitrogens with one attached hydrogen (secondary N) is 2. The van der Waals surface area contributed by atoms with Crippen LogP contribution in [0.15, 0.2) is 12.4 Å². The minimum Gasteiger partial charge on any atom is -0.480 e. The predicted octanol–water partition coefficient (Wildman–Crippen LogP) is 0.246. The molecule has 0 aliphatic carbocycles. The zero-order valence-electron chi connectivity index (χ0n) is 9.25. The van der Waals surface area contributed by atoms with Crippen molar-refractivity contribution in [3.8, 4) is 0 Å². The third-order valence-electron chi connectivity index (χ3n) is 1.89. The number of amides is 2. The van der Waals surface area contributed by atoms with Crippen LogP contribution in [0.4, 0.5) is 10.7 Å². The number of carbonyl (C=O) groups excluding carboxylic acids is 1. The van der Waals surface area contributed by atoms with E-state index in [2.05, 4.69) is 25.8 Å². The minimum atomic E-state index is -1.07. The van der Waals surface area contributed by atoms with Crippen molar-refractivity contribution in [2.24, 2.45) is 0 Å². The second kappa shape index (κ2) is 6.36. The molecule has 1 atom stereocenters. The van der Waals surface area contributed by atoms with Crippen LogP contribution in [-0.2, 0) is 4.79 Å². The van der Waals surface area contributed by atoms with Gasteiger partial charge in [-0.1, -0.05) is 13.3 Å². The van der Waals surface area contributed by atoms with E-state index in [0.717, 1.165) is 0 Å². The van der Waals surface area contributed by atoms with Crippen molar-refractivity contribution in [2.45, 2.75) is 25.8 Å². The maximum atomic E-state index is 11.4. The molecule has 0 radical (unpaired) electrons. The van der Waals surface area contributed by atoms with Gasteiger partial charge >= 0.3 is 12.0 Å². The van der Waals surface area contributed by atoms with Crippen LogP contribution in [0.25, 0.3) is 0 Å². The normalized spacial score (nSPS) is 11.6. The fourth-order valence-electron chi connectivity index (χ4n) is 1.15. The Labute approximate surface area is 97.5 Å². The van der Waals surface area contributed by atoms with Gasteiger partial charge in [-0.3, -0.25) is 5.32 Å². The topological polar surface area (TPSA) is 117 Å². The second-order valence-corrected chi connectivity index (χ2v) is 3.24. The summed E-state index contributed by atoms with van der Waals surface area (Å²) in [5.74, 6) is -1.06. The van der Waals surface area contributed by atoms with Crippen LogP contribution in [0.3, 0.4) is 0 Å². The van der Waals surface area contributed by atoms with Crippen LogP contribution < -0.4 is 10.6 Å². The first-order valence-electron chi connectivity index (χ1n) is 5.07. The molecule has 0 aromatic carbocycles. The first kappa shape index (κ1) is 12.8. The molecule has 1 rings (SSSR count). The molecular formula is C9H13N5O3. The first-order valence-corrected chi connectivity index (χ1v) is 5.07. The Hall–Kier alpha value is -2.25. The summed E-state index contributed by atoms with van der Waals surface area (Å²) in [6.07, 6.45) is 3.74. The van der Waals surface area contributed by atoms with Crippen molar-refractivity contribution in [3.63, 3.8) is 0 Å². The summed E-state index contributed by atoms with van der Waals surface area (Å²) in [4.78, 5) is 25.9. The first-order chi connectivity index (χ1) is 8.13. The fourth-order valence-corrected chi connectivity index (χ4v) is 1.15. The molecule has 0 aliphatic rings. The zero-order chi connectivity index (χ0) is 12.7. The third-order valence-corrected chi connectivity index (χ3v) is 1.89. The van der Waals surface area contributed by atoms with Gasteiger partial charge in [0.15, 0.2) is 0 Å². The number of rotatable bonds is 5. The molecule has 8 nitrogen and oxygen atoms in total. The molecule has 1 heterocycles. The molecule has 0 saturated heterocycles. The number of carbonyl (C=O) groups is 2. The Bertz CT molecular complexity index is 383. The summed E-state index contributed by atoms with van der Waals surface area (Å²) in [7, 11) is 0. The van der Waals surface area contributed by atoms with Crippen LogP contribution in [-0.4, -0.2) is 38.3 Å². The van der Waals surface area contributed by atoms with Crippen molar-refractivity contribution in [1.82, 2.24) is 20.5 Å². The Morgan fingerprint density at radius 1 is 1.47 bits per heavy atom. The third kappa shape index (κ3) is 4.41. The lowest BCUT2D eigenvalue weighted by atomic mass is 10.2. The zero-order valence-corrected chi connectivity index (χ0v) is 9.25. The minimum absolute atomic E-state index is 0.0191. The van der Waals surface area contributed by atoms with E-state index in [4.69, 9.17) is 5.11 Å². The van der Waals surface area contributed by atoms with Crippen molar-refractivity contribution < 1.29 is 14.7 Å². The van der Waals surface area contributed by atoms with Gasteiger partial charge in [0.1, 0.15) is 6.04 Å². The van der Waals surface area contributed by atoms with Gasteiger partial charge in [0.25, 0.3) is 5.95 Å². The molecule has 0 unspecified atom stereocenters. The number of hydrogen-bond acceptors (Lipinski definition) is 5. The maximum Gasteiger partial charge on any atom is 0.326 e. The maximum absolute atomic E-state index is 11.4. The van der Waals surface area contributed by atoms with E-state index in [1.165, 1.54) is 12.4 Å². The Morgan fingerprint density at radius 3 is 2.76 bits per heavy atom. The molecule has 1 aromatic heterocycles. The number of hydrogen-bond donors (Lipinski definition) is 3. The van der Waals surface area contributed by atoms with Crippen LogP contribution >= 0.6 is 0 Å². The molecular weight excluding hydrogens is 226 g/mol. The second-order valence-electron chi connectivity index (χ2n) is 3.24. The lowest BCUT2D eigenvalue weighted by Crippen LogP contribution is -2.43. The lowest BCUT2D eigenvalue weighted by molar-refractivity contribution is -0.139. The number of nitrogens with zero attached hydrogens (tertiary/aromatic N) is 3. The van der Waals surface area contributed by atoms with Crippen LogP contribution in [0, 0.1) is 0 Å². The highest BCUT2D eigenvalue weighted by atomic mass is 16.4. The average Bonchev–Trinajstić information content (AvgIpc) is 2.29. The van der Waals surface area contributed by atoms with E-state index >= 15 is 0 Å². The van der Waals surface area contributed by atoms with Crippen molar-refractivity contribution >= 4 is 17.9 Å². The van der Waals surface area contributed by atoms with E-state index in [0.29, 0.717) is 12.8 Å². The van der Waals surface area contributed by atoms with Crippen LogP contribution in [0.2, 0.25) is 0 Å². The predicted molar refractivity (Wildman–Crippen MR) is 58.3 cm³/mol. The molecule has 2 amide bonds. The van der Waals surface area contributed by atoms with E-state index in [1.807, 2.05) is 6.92 Å². The highest BCUT2D eigenvalue weighted by Gasteiger charge is 2.18. The smallest absolute Gasteiger partial charge is 0.326 e. The van der Waals surface area contributed by atoms with Crippen molar-refractivity contribution in [2.75, 3.05) is 5.32 Å². The van der Waals surface area contributed by atoms with Crippen LogP contribution in [0.1, 0.15) is 19.8 Å². The van der Waals surface area contributed by atoms with Gasteiger partial charge in [-0.2, -0.15) is 5.10 Å². The number of aliphatic carboxylic acids is 1. The number of carboxylic acids is 1. The summed E-state index contributed by atoms with van der Waals surface area (Å²) < 4.78 is 0. The van der Waals surface area contributed by atoms with E-state index in [1.54, 1.807) is 0 Å². The van der Waals surface area contributed by atoms with Crippen molar-refractivity contribution in [3.05, 3.63) is 12.4 Å². The van der Waals surface area contributed by atoms with Gasteiger partial charge in [-0.25, -0.2) is 14.6 Å². The monoisotopic (exact) mass is 239 g/mol. The fraction of sp³-hybridized carbons (Fsp3) is 0.444. The summed E-state index contributed by atoms with van der Waals surface area (Å²) in [5, 5.41) is 20.5. The lowest BCUT2D eigenvalue weighted by Gasteiger charge is -2.13. The molecule has 92 valence electrons. The summed E-state index contributed by atoms with van der Waals surface area (Å²) >= 11 is 0. The van der Waals surface area contributed by atoms with E-state index in [9.17, 15) is 9.59 Å². The summed E-state index contributed by atoms with van der Waals surface area (Å²) in [6, 6.07) is -1.59. The van der Waals surface area contributed by atoms with E-state index < -0.39 is 18.0 Å². The van der Waals surface area contributed by atoms with Crippen LogP contribution in [0.5, 0.6) is 0 Å². The molecule has 3 N–H and O–H groups in total. The number of urea groups is 1. The average molecular weight is 239 g/mol. The van der Waals surface area contributed by atoms with Gasteiger partial charge in [0.2, 0.25) is 0 Å². The van der Waals surface area contributed by atoms with Gasteiger partial charge in [-0.05, 0) is 6.42 Å². The molecule has 17 heavy (non-hydrogen) atoms. The molecule has 8 heteroatoms. The van der Waals surface area contributed by atoms with Gasteiger partial charge < -0.3 is 10.4 Å². The number of carboxylic acid groups (broad SMARTS) is 1. The van der Waals surface area contributed by atoms with Gasteiger partial charge in [0.05, 0.1) is 12.4 Å². The Morgan fingerprint density at radius 2 is 2.24 bits per heavy atom. The Balaban J connectivity index is 2.51.